The molecule has 0 aliphatic heterocycles. The van der Waals surface area contributed by atoms with Crippen molar-refractivity contribution in [3.63, 3.8) is 0 Å². The van der Waals surface area contributed by atoms with Crippen molar-refractivity contribution >= 4 is 15.9 Å². The van der Waals surface area contributed by atoms with Gasteiger partial charge >= 0.3 is 0 Å². The summed E-state index contributed by atoms with van der Waals surface area (Å²) in [6.45, 7) is 0. The molecule has 1 aliphatic carbocycles. The van der Waals surface area contributed by atoms with Gasteiger partial charge in [-0.2, -0.15) is 0 Å². The van der Waals surface area contributed by atoms with E-state index >= 15 is 0 Å². The van der Waals surface area contributed by atoms with E-state index in [9.17, 15) is 8.78 Å². The number of alkyl halides is 2. The standard InChI is InChI=1S/C11H12BrF2N/c12-7-2-3-8(10(13)14)9(6-7)11(15)4-1-5-11/h2-3,6,10H,1,4-5,15H2. The topological polar surface area (TPSA) is 26.0 Å². The third-order valence-electron chi connectivity index (χ3n) is 3.03. The molecule has 0 saturated heterocycles. The monoisotopic (exact) mass is 275 g/mol. The van der Waals surface area contributed by atoms with Crippen LogP contribution >= 0.6 is 15.9 Å². The van der Waals surface area contributed by atoms with Gasteiger partial charge in [-0.15, -0.1) is 0 Å². The van der Waals surface area contributed by atoms with E-state index in [0.717, 1.165) is 23.7 Å². The van der Waals surface area contributed by atoms with E-state index in [1.807, 2.05) is 0 Å². The molecule has 1 aromatic rings. The molecule has 1 saturated carbocycles. The van der Waals surface area contributed by atoms with E-state index < -0.39 is 12.0 Å². The molecular formula is C11H12BrF2N. The van der Waals surface area contributed by atoms with E-state index in [-0.39, 0.29) is 5.56 Å². The number of nitrogens with two attached hydrogens (primary N) is 1. The van der Waals surface area contributed by atoms with E-state index in [1.54, 1.807) is 12.1 Å². The van der Waals surface area contributed by atoms with Gasteiger partial charge in [-0.25, -0.2) is 8.78 Å². The molecular weight excluding hydrogens is 264 g/mol. The first-order valence-electron chi connectivity index (χ1n) is 4.90. The van der Waals surface area contributed by atoms with Crippen LogP contribution in [0.4, 0.5) is 8.78 Å². The lowest BCUT2D eigenvalue weighted by atomic mass is 9.71. The van der Waals surface area contributed by atoms with Crippen LogP contribution in [0.15, 0.2) is 22.7 Å². The minimum atomic E-state index is -2.45. The highest BCUT2D eigenvalue weighted by Gasteiger charge is 2.37. The van der Waals surface area contributed by atoms with Crippen molar-refractivity contribution in [3.05, 3.63) is 33.8 Å². The van der Waals surface area contributed by atoms with Gasteiger partial charge in [0.05, 0.1) is 0 Å². The maximum Gasteiger partial charge on any atom is 0.264 e. The molecule has 2 rings (SSSR count). The molecule has 4 heteroatoms. The quantitative estimate of drug-likeness (QED) is 0.875. The Morgan fingerprint density at radius 2 is 2.00 bits per heavy atom. The summed E-state index contributed by atoms with van der Waals surface area (Å²) < 4.78 is 26.4. The number of hydrogen-bond acceptors (Lipinski definition) is 1. The van der Waals surface area contributed by atoms with E-state index in [1.165, 1.54) is 6.07 Å². The van der Waals surface area contributed by atoms with Crippen LogP contribution in [0, 0.1) is 0 Å². The van der Waals surface area contributed by atoms with Crippen LogP contribution in [0.3, 0.4) is 0 Å². The molecule has 82 valence electrons. The van der Waals surface area contributed by atoms with Gasteiger partial charge < -0.3 is 5.73 Å². The van der Waals surface area contributed by atoms with Crippen molar-refractivity contribution in [2.45, 2.75) is 31.2 Å². The van der Waals surface area contributed by atoms with Gasteiger partial charge in [0, 0.05) is 15.6 Å². The van der Waals surface area contributed by atoms with Gasteiger partial charge in [-0.05, 0) is 37.0 Å². The maximum atomic E-state index is 12.8. The highest BCUT2D eigenvalue weighted by molar-refractivity contribution is 9.10. The Balaban J connectivity index is 2.47. The van der Waals surface area contributed by atoms with Gasteiger partial charge in [0.1, 0.15) is 0 Å². The molecule has 0 amide bonds. The Hall–Kier alpha value is -0.480. The van der Waals surface area contributed by atoms with Crippen LogP contribution < -0.4 is 5.73 Å². The molecule has 0 aromatic heterocycles. The summed E-state index contributed by atoms with van der Waals surface area (Å²) in [5.74, 6) is 0. The SMILES string of the molecule is NC1(c2cc(Br)ccc2C(F)F)CCC1. The van der Waals surface area contributed by atoms with E-state index in [2.05, 4.69) is 15.9 Å². The average molecular weight is 276 g/mol. The second-order valence-electron chi connectivity index (χ2n) is 4.04. The average Bonchev–Trinajstić information content (AvgIpc) is 2.13. The Labute approximate surface area is 95.8 Å². The molecule has 0 bridgehead atoms. The highest BCUT2D eigenvalue weighted by atomic mass is 79.9. The Kier molecular flexibility index (Phi) is 2.81. The first-order valence-corrected chi connectivity index (χ1v) is 5.69. The van der Waals surface area contributed by atoms with Crippen molar-refractivity contribution < 1.29 is 8.78 Å². The van der Waals surface area contributed by atoms with Gasteiger partial charge in [0.15, 0.2) is 0 Å². The van der Waals surface area contributed by atoms with Crippen LogP contribution in [-0.4, -0.2) is 0 Å². The van der Waals surface area contributed by atoms with Crippen LogP contribution in [0.2, 0.25) is 0 Å². The van der Waals surface area contributed by atoms with Gasteiger partial charge in [-0.3, -0.25) is 0 Å². The molecule has 1 nitrogen and oxygen atoms in total. The molecule has 2 N–H and O–H groups in total. The molecule has 0 atom stereocenters. The number of hydrogen-bond donors (Lipinski definition) is 1. The molecule has 0 radical (unpaired) electrons. The Morgan fingerprint density at radius 1 is 1.33 bits per heavy atom. The second-order valence-corrected chi connectivity index (χ2v) is 4.96. The normalized spacial score (nSPS) is 19.0. The smallest absolute Gasteiger partial charge is 0.264 e. The predicted molar refractivity (Wildman–Crippen MR) is 58.8 cm³/mol. The minimum Gasteiger partial charge on any atom is -0.321 e. The fraction of sp³-hybridized carbons (Fsp3) is 0.455. The van der Waals surface area contributed by atoms with Crippen molar-refractivity contribution in [1.82, 2.24) is 0 Å². The molecule has 0 unspecified atom stereocenters. The Bertz CT molecular complexity index is 375. The van der Waals surface area contributed by atoms with Crippen molar-refractivity contribution in [1.29, 1.82) is 0 Å². The van der Waals surface area contributed by atoms with E-state index in [4.69, 9.17) is 5.73 Å². The predicted octanol–water partition coefficient (Wildman–Crippen LogP) is 3.72. The first-order chi connectivity index (χ1) is 7.03. The summed E-state index contributed by atoms with van der Waals surface area (Å²) in [7, 11) is 0. The Morgan fingerprint density at radius 3 is 2.47 bits per heavy atom. The van der Waals surface area contributed by atoms with Gasteiger partial charge in [-0.1, -0.05) is 22.0 Å². The lowest BCUT2D eigenvalue weighted by molar-refractivity contribution is 0.143. The molecule has 1 aromatic carbocycles. The molecule has 1 fully saturated rings. The zero-order valence-corrected chi connectivity index (χ0v) is 9.73. The van der Waals surface area contributed by atoms with Crippen LogP contribution in [0.25, 0.3) is 0 Å². The maximum absolute atomic E-state index is 12.8. The van der Waals surface area contributed by atoms with E-state index in [0.29, 0.717) is 5.56 Å². The molecule has 0 heterocycles. The fourth-order valence-electron chi connectivity index (χ4n) is 1.98. The third-order valence-corrected chi connectivity index (χ3v) is 3.53. The van der Waals surface area contributed by atoms with Crippen LogP contribution in [0.1, 0.15) is 36.8 Å². The second kappa shape index (κ2) is 3.83. The third kappa shape index (κ3) is 1.93. The summed E-state index contributed by atoms with van der Waals surface area (Å²) in [5, 5.41) is 0. The van der Waals surface area contributed by atoms with Gasteiger partial charge in [0.2, 0.25) is 0 Å². The number of benzene rings is 1. The molecule has 15 heavy (non-hydrogen) atoms. The number of rotatable bonds is 2. The summed E-state index contributed by atoms with van der Waals surface area (Å²) in [6, 6.07) is 4.81. The highest BCUT2D eigenvalue weighted by Crippen LogP contribution is 2.43. The largest absolute Gasteiger partial charge is 0.321 e. The summed E-state index contributed by atoms with van der Waals surface area (Å²) in [5.41, 5.74) is 6.21. The van der Waals surface area contributed by atoms with Crippen LogP contribution in [0.5, 0.6) is 0 Å². The van der Waals surface area contributed by atoms with Crippen LogP contribution in [-0.2, 0) is 5.54 Å². The summed E-state index contributed by atoms with van der Waals surface area (Å²) in [6.07, 6.45) is 0.159. The van der Waals surface area contributed by atoms with Crippen molar-refractivity contribution in [3.8, 4) is 0 Å². The zero-order valence-electron chi connectivity index (χ0n) is 8.14. The molecule has 0 spiro atoms. The zero-order chi connectivity index (χ0) is 11.1. The number of halogens is 3. The minimum absolute atomic E-state index is 0.0698. The first kappa shape index (κ1) is 11.0. The van der Waals surface area contributed by atoms with Crippen molar-refractivity contribution in [2.24, 2.45) is 5.73 Å². The van der Waals surface area contributed by atoms with Gasteiger partial charge in [0.25, 0.3) is 6.43 Å². The molecule has 1 aliphatic rings. The lowest BCUT2D eigenvalue weighted by Crippen LogP contribution is -2.44. The lowest BCUT2D eigenvalue weighted by Gasteiger charge is -2.40. The summed E-state index contributed by atoms with van der Waals surface area (Å²) in [4.78, 5) is 0. The van der Waals surface area contributed by atoms with Crippen molar-refractivity contribution in [2.75, 3.05) is 0 Å². The fourth-order valence-corrected chi connectivity index (χ4v) is 2.34. The summed E-state index contributed by atoms with van der Waals surface area (Å²) >= 11 is 3.29.